The lowest BCUT2D eigenvalue weighted by Crippen LogP contribution is -2.26. The Hall–Kier alpha value is -2.11. The number of halogens is 1. The molecule has 0 unspecified atom stereocenters. The van der Waals surface area contributed by atoms with Gasteiger partial charge in [-0.15, -0.1) is 0 Å². The molecule has 2 rings (SSSR count). The third-order valence-electron chi connectivity index (χ3n) is 4.64. The van der Waals surface area contributed by atoms with E-state index in [1.165, 1.54) is 16.7 Å². The normalized spacial score (nSPS) is 13.0. The summed E-state index contributed by atoms with van der Waals surface area (Å²) in [6.45, 7) is 6.94. The predicted molar refractivity (Wildman–Crippen MR) is 116 cm³/mol. The number of allylic oxidation sites excluding steroid dienone is 1. The van der Waals surface area contributed by atoms with Crippen LogP contribution in [0.5, 0.6) is 5.75 Å². The van der Waals surface area contributed by atoms with Gasteiger partial charge in [0.05, 0.1) is 0 Å². The quantitative estimate of drug-likeness (QED) is 0.505. The van der Waals surface area contributed by atoms with Crippen molar-refractivity contribution in [2.24, 2.45) is 0 Å². The summed E-state index contributed by atoms with van der Waals surface area (Å²) in [5.74, 6) is -0.176. The number of benzene rings is 2. The van der Waals surface area contributed by atoms with Gasteiger partial charge in [0.15, 0.2) is 6.10 Å². The summed E-state index contributed by atoms with van der Waals surface area (Å²) in [4.78, 5) is 11.2. The van der Waals surface area contributed by atoms with E-state index >= 15 is 0 Å². The first-order valence-electron chi connectivity index (χ1n) is 9.45. The standard InChI is InChI=1S/C23H27BrO4/c1-4-18(16(3)19-8-10-20(24)11-9-19)15-28-21-12-6-17(7-13-21)14-22(23(25)26)27-5-2/h6-13,22H,4-5,14-15H2,1-3H3,(H,25,26)/t22-/m0/s1. The van der Waals surface area contributed by atoms with E-state index in [4.69, 9.17) is 9.47 Å². The van der Waals surface area contributed by atoms with Gasteiger partial charge in [-0.2, -0.15) is 0 Å². The molecule has 2 aromatic rings. The van der Waals surface area contributed by atoms with Crippen molar-refractivity contribution in [3.63, 3.8) is 0 Å². The first-order valence-corrected chi connectivity index (χ1v) is 10.2. The lowest BCUT2D eigenvalue weighted by atomic mass is 10.0. The Morgan fingerprint density at radius 3 is 2.25 bits per heavy atom. The topological polar surface area (TPSA) is 55.8 Å². The number of hydrogen-bond donors (Lipinski definition) is 1. The Morgan fingerprint density at radius 2 is 1.71 bits per heavy atom. The first kappa shape index (κ1) is 22.2. The Labute approximate surface area is 175 Å². The van der Waals surface area contributed by atoms with Crippen LogP contribution >= 0.6 is 15.9 Å². The molecule has 1 atom stereocenters. The van der Waals surface area contributed by atoms with Crippen LogP contribution in [0.15, 0.2) is 58.6 Å². The van der Waals surface area contributed by atoms with Gasteiger partial charge in [-0.3, -0.25) is 0 Å². The molecule has 0 saturated carbocycles. The Bertz CT molecular complexity index is 794. The second-order valence-electron chi connectivity index (χ2n) is 6.51. The fourth-order valence-corrected chi connectivity index (χ4v) is 3.17. The van der Waals surface area contributed by atoms with Crippen LogP contribution in [0.1, 0.15) is 38.3 Å². The number of carboxylic acid groups (broad SMARTS) is 1. The molecule has 0 heterocycles. The highest BCUT2D eigenvalue weighted by Gasteiger charge is 2.17. The molecular weight excluding hydrogens is 420 g/mol. The molecule has 2 aromatic carbocycles. The molecular formula is C23H27BrO4. The van der Waals surface area contributed by atoms with Gasteiger partial charge in [0.25, 0.3) is 0 Å². The van der Waals surface area contributed by atoms with Crippen molar-refractivity contribution in [3.8, 4) is 5.75 Å². The molecule has 5 heteroatoms. The highest BCUT2D eigenvalue weighted by Crippen LogP contribution is 2.23. The van der Waals surface area contributed by atoms with Crippen molar-refractivity contribution in [2.45, 2.75) is 39.7 Å². The maximum absolute atomic E-state index is 11.2. The lowest BCUT2D eigenvalue weighted by Gasteiger charge is -2.14. The van der Waals surface area contributed by atoms with E-state index in [1.54, 1.807) is 6.92 Å². The summed E-state index contributed by atoms with van der Waals surface area (Å²) in [6.07, 6.45) is 0.431. The molecule has 150 valence electrons. The maximum Gasteiger partial charge on any atom is 0.333 e. The molecule has 1 N–H and O–H groups in total. The summed E-state index contributed by atoms with van der Waals surface area (Å²) in [6, 6.07) is 15.8. The monoisotopic (exact) mass is 446 g/mol. The zero-order chi connectivity index (χ0) is 20.5. The summed E-state index contributed by atoms with van der Waals surface area (Å²) < 4.78 is 12.3. The van der Waals surface area contributed by atoms with E-state index in [1.807, 2.05) is 36.4 Å². The van der Waals surface area contributed by atoms with Crippen molar-refractivity contribution in [3.05, 3.63) is 69.7 Å². The largest absolute Gasteiger partial charge is 0.489 e. The fraction of sp³-hybridized carbons (Fsp3) is 0.348. The molecule has 0 aromatic heterocycles. The maximum atomic E-state index is 11.2. The van der Waals surface area contributed by atoms with Gasteiger partial charge >= 0.3 is 5.97 Å². The Balaban J connectivity index is 2.02. The lowest BCUT2D eigenvalue weighted by molar-refractivity contribution is -0.149. The predicted octanol–water partition coefficient (Wildman–Crippen LogP) is 5.74. The minimum atomic E-state index is -0.941. The Kier molecular flexibility index (Phi) is 8.74. The van der Waals surface area contributed by atoms with Gasteiger partial charge in [0.1, 0.15) is 12.4 Å². The molecule has 0 saturated heterocycles. The second-order valence-corrected chi connectivity index (χ2v) is 7.42. The van der Waals surface area contributed by atoms with Crippen LogP contribution in [-0.2, 0) is 16.0 Å². The van der Waals surface area contributed by atoms with Crippen molar-refractivity contribution in [2.75, 3.05) is 13.2 Å². The van der Waals surface area contributed by atoms with Gasteiger partial charge in [0.2, 0.25) is 0 Å². The number of aliphatic carboxylic acids is 1. The number of carboxylic acids is 1. The van der Waals surface area contributed by atoms with Crippen LogP contribution in [0.25, 0.3) is 5.57 Å². The van der Waals surface area contributed by atoms with E-state index in [-0.39, 0.29) is 0 Å². The highest BCUT2D eigenvalue weighted by molar-refractivity contribution is 9.10. The van der Waals surface area contributed by atoms with E-state index in [9.17, 15) is 9.90 Å². The van der Waals surface area contributed by atoms with Crippen molar-refractivity contribution < 1.29 is 19.4 Å². The smallest absolute Gasteiger partial charge is 0.333 e. The van der Waals surface area contributed by atoms with Crippen molar-refractivity contribution in [1.29, 1.82) is 0 Å². The average Bonchev–Trinajstić information content (AvgIpc) is 2.69. The van der Waals surface area contributed by atoms with Gasteiger partial charge in [0, 0.05) is 17.5 Å². The molecule has 0 spiro atoms. The van der Waals surface area contributed by atoms with Gasteiger partial charge in [-0.25, -0.2) is 4.79 Å². The summed E-state index contributed by atoms with van der Waals surface area (Å²) >= 11 is 3.47. The van der Waals surface area contributed by atoms with Crippen LogP contribution in [0.4, 0.5) is 0 Å². The summed E-state index contributed by atoms with van der Waals surface area (Å²) in [5.41, 5.74) is 4.57. The minimum absolute atomic E-state index is 0.340. The van der Waals surface area contributed by atoms with E-state index < -0.39 is 12.1 Å². The third-order valence-corrected chi connectivity index (χ3v) is 5.16. The number of hydrogen-bond acceptors (Lipinski definition) is 3. The molecule has 0 radical (unpaired) electrons. The van der Waals surface area contributed by atoms with Gasteiger partial charge < -0.3 is 14.6 Å². The van der Waals surface area contributed by atoms with Crippen LogP contribution < -0.4 is 4.74 Å². The minimum Gasteiger partial charge on any atom is -0.489 e. The number of carbonyl (C=O) groups is 1. The molecule has 0 bridgehead atoms. The van der Waals surface area contributed by atoms with E-state index in [0.717, 1.165) is 22.2 Å². The Morgan fingerprint density at radius 1 is 1.07 bits per heavy atom. The van der Waals surface area contributed by atoms with Crippen LogP contribution in [0.2, 0.25) is 0 Å². The molecule has 0 aliphatic carbocycles. The number of rotatable bonds is 10. The van der Waals surface area contributed by atoms with Crippen molar-refractivity contribution in [1.82, 2.24) is 0 Å². The fourth-order valence-electron chi connectivity index (χ4n) is 2.90. The molecule has 0 fully saturated rings. The first-order chi connectivity index (χ1) is 13.4. The van der Waals surface area contributed by atoms with Crippen LogP contribution in [0.3, 0.4) is 0 Å². The SMILES string of the molecule is CCO[C@@H](Cc1ccc(OCC(CC)=C(C)c2ccc(Br)cc2)cc1)C(=O)O. The molecule has 0 amide bonds. The molecule has 4 nitrogen and oxygen atoms in total. The third kappa shape index (κ3) is 6.50. The summed E-state index contributed by atoms with van der Waals surface area (Å²) in [5, 5.41) is 9.20. The zero-order valence-electron chi connectivity index (χ0n) is 16.6. The molecule has 28 heavy (non-hydrogen) atoms. The van der Waals surface area contributed by atoms with E-state index in [0.29, 0.717) is 19.6 Å². The van der Waals surface area contributed by atoms with Gasteiger partial charge in [-0.1, -0.05) is 47.1 Å². The number of ether oxygens (including phenoxy) is 2. The molecule has 0 aliphatic rings. The van der Waals surface area contributed by atoms with E-state index in [2.05, 4.69) is 41.9 Å². The summed E-state index contributed by atoms with van der Waals surface area (Å²) in [7, 11) is 0. The van der Waals surface area contributed by atoms with Crippen LogP contribution in [-0.4, -0.2) is 30.4 Å². The highest BCUT2D eigenvalue weighted by atomic mass is 79.9. The van der Waals surface area contributed by atoms with Crippen LogP contribution in [0, 0.1) is 0 Å². The zero-order valence-corrected chi connectivity index (χ0v) is 18.2. The van der Waals surface area contributed by atoms with Gasteiger partial charge in [-0.05, 0) is 66.8 Å². The molecule has 0 aliphatic heterocycles. The average molecular weight is 447 g/mol. The van der Waals surface area contributed by atoms with Crippen molar-refractivity contribution >= 4 is 27.5 Å². The second kappa shape index (κ2) is 11.0.